The van der Waals surface area contributed by atoms with Gasteiger partial charge in [-0.2, -0.15) is 0 Å². The summed E-state index contributed by atoms with van der Waals surface area (Å²) in [6, 6.07) is 14.6. The summed E-state index contributed by atoms with van der Waals surface area (Å²) in [7, 11) is 1.56. The molecule has 0 aliphatic carbocycles. The minimum Gasteiger partial charge on any atom is -0.497 e. The van der Waals surface area contributed by atoms with Crippen molar-refractivity contribution in [2.24, 2.45) is 0 Å². The Morgan fingerprint density at radius 3 is 2.29 bits per heavy atom. The molecule has 1 saturated heterocycles. The number of nitrogens with zero attached hydrogens (tertiary/aromatic N) is 2. The van der Waals surface area contributed by atoms with Gasteiger partial charge in [0.05, 0.1) is 12.0 Å². The van der Waals surface area contributed by atoms with Crippen molar-refractivity contribution in [3.05, 3.63) is 59.0 Å². The molecule has 0 saturated carbocycles. The molecule has 1 heterocycles. The number of thioether (sulfide) groups is 1. The fraction of sp³-hybridized carbons (Fsp3) is 0.261. The number of imide groups is 1. The number of rotatable bonds is 8. The molecule has 0 spiro atoms. The van der Waals surface area contributed by atoms with Crippen LogP contribution in [0.2, 0.25) is 0 Å². The normalized spacial score (nSPS) is 14.8. The molecular weight excluding hydrogens is 414 g/mol. The van der Waals surface area contributed by atoms with Crippen molar-refractivity contribution in [3.8, 4) is 5.75 Å². The van der Waals surface area contributed by atoms with Gasteiger partial charge >= 0.3 is 0 Å². The van der Waals surface area contributed by atoms with Crippen LogP contribution in [0.3, 0.4) is 0 Å². The summed E-state index contributed by atoms with van der Waals surface area (Å²) in [6.45, 7) is 5.67. The second kappa shape index (κ2) is 10.2. The zero-order valence-corrected chi connectivity index (χ0v) is 18.6. The number of hydrogen-bond acceptors (Lipinski definition) is 6. The van der Waals surface area contributed by atoms with Gasteiger partial charge in [0.2, 0.25) is 5.91 Å². The third kappa shape index (κ3) is 5.46. The Labute approximate surface area is 186 Å². The van der Waals surface area contributed by atoms with Crippen molar-refractivity contribution in [2.45, 2.75) is 13.8 Å². The van der Waals surface area contributed by atoms with Crippen LogP contribution in [0.1, 0.15) is 19.4 Å². The van der Waals surface area contributed by atoms with Gasteiger partial charge in [0.25, 0.3) is 11.1 Å². The van der Waals surface area contributed by atoms with Crippen molar-refractivity contribution < 1.29 is 19.1 Å². The van der Waals surface area contributed by atoms with Crippen molar-refractivity contribution in [3.63, 3.8) is 0 Å². The molecule has 1 N–H and O–H groups in total. The lowest BCUT2D eigenvalue weighted by Crippen LogP contribution is -2.36. The fourth-order valence-electron chi connectivity index (χ4n) is 3.18. The molecule has 2 aromatic carbocycles. The highest BCUT2D eigenvalue weighted by Crippen LogP contribution is 2.32. The van der Waals surface area contributed by atoms with E-state index in [0.29, 0.717) is 16.3 Å². The standard InChI is InChI=1S/C23H25N3O4S/c1-4-25(5-2)18-10-6-16(7-11-18)14-20-22(28)26(23(29)31-20)15-21(27)24-17-8-12-19(30-3)13-9-17/h6-14H,4-5,15H2,1-3H3,(H,24,27)/b20-14+. The van der Waals surface area contributed by atoms with Crippen LogP contribution < -0.4 is 15.0 Å². The number of carbonyl (C=O) groups excluding carboxylic acids is 3. The van der Waals surface area contributed by atoms with Gasteiger partial charge in [0.1, 0.15) is 12.3 Å². The average molecular weight is 440 g/mol. The maximum Gasteiger partial charge on any atom is 0.294 e. The van der Waals surface area contributed by atoms with E-state index in [2.05, 4.69) is 24.1 Å². The largest absolute Gasteiger partial charge is 0.497 e. The third-order valence-electron chi connectivity index (χ3n) is 4.87. The summed E-state index contributed by atoms with van der Waals surface area (Å²) in [5.74, 6) is -0.246. The van der Waals surface area contributed by atoms with Gasteiger partial charge in [0.15, 0.2) is 0 Å². The van der Waals surface area contributed by atoms with Crippen LogP contribution in [-0.4, -0.2) is 48.7 Å². The first kappa shape index (κ1) is 22.4. The number of benzene rings is 2. The molecular formula is C23H25N3O4S. The van der Waals surface area contributed by atoms with E-state index in [-0.39, 0.29) is 6.54 Å². The zero-order chi connectivity index (χ0) is 22.4. The van der Waals surface area contributed by atoms with Crippen molar-refractivity contribution >= 4 is 46.3 Å². The molecule has 0 unspecified atom stereocenters. The Hall–Kier alpha value is -3.26. The molecule has 3 amide bonds. The zero-order valence-electron chi connectivity index (χ0n) is 17.8. The first-order valence-electron chi connectivity index (χ1n) is 9.99. The molecule has 0 bridgehead atoms. The van der Waals surface area contributed by atoms with E-state index in [1.165, 1.54) is 0 Å². The fourth-order valence-corrected chi connectivity index (χ4v) is 4.01. The number of ether oxygens (including phenoxy) is 1. The van der Waals surface area contributed by atoms with Gasteiger partial charge in [-0.3, -0.25) is 19.3 Å². The van der Waals surface area contributed by atoms with Crippen LogP contribution in [0.25, 0.3) is 6.08 Å². The smallest absolute Gasteiger partial charge is 0.294 e. The molecule has 1 aliphatic rings. The van der Waals surface area contributed by atoms with Crippen LogP contribution in [0.5, 0.6) is 5.75 Å². The number of anilines is 2. The Bertz CT molecular complexity index is 983. The van der Waals surface area contributed by atoms with E-state index in [9.17, 15) is 14.4 Å². The average Bonchev–Trinajstić information content (AvgIpc) is 3.03. The molecule has 0 aromatic heterocycles. The predicted molar refractivity (Wildman–Crippen MR) is 124 cm³/mol. The number of nitrogens with one attached hydrogen (secondary N) is 1. The number of hydrogen-bond donors (Lipinski definition) is 1. The molecule has 3 rings (SSSR count). The van der Waals surface area contributed by atoms with E-state index in [1.807, 2.05) is 24.3 Å². The molecule has 31 heavy (non-hydrogen) atoms. The number of methoxy groups -OCH3 is 1. The summed E-state index contributed by atoms with van der Waals surface area (Å²) in [5.41, 5.74) is 2.48. The molecule has 8 heteroatoms. The van der Waals surface area contributed by atoms with Crippen LogP contribution in [0, 0.1) is 0 Å². The van der Waals surface area contributed by atoms with E-state index in [1.54, 1.807) is 37.5 Å². The molecule has 1 fully saturated rings. The van der Waals surface area contributed by atoms with Gasteiger partial charge in [-0.1, -0.05) is 12.1 Å². The second-order valence-electron chi connectivity index (χ2n) is 6.81. The monoisotopic (exact) mass is 439 g/mol. The van der Waals surface area contributed by atoms with E-state index < -0.39 is 17.1 Å². The second-order valence-corrected chi connectivity index (χ2v) is 7.80. The van der Waals surface area contributed by atoms with E-state index in [4.69, 9.17) is 4.74 Å². The third-order valence-corrected chi connectivity index (χ3v) is 5.78. The summed E-state index contributed by atoms with van der Waals surface area (Å²) < 4.78 is 5.08. The molecule has 2 aromatic rings. The summed E-state index contributed by atoms with van der Waals surface area (Å²) in [5, 5.41) is 2.22. The SMILES string of the molecule is CCN(CC)c1ccc(/C=C2/SC(=O)N(CC(=O)Nc3ccc(OC)cc3)C2=O)cc1. The van der Waals surface area contributed by atoms with Crippen LogP contribution >= 0.6 is 11.8 Å². The Morgan fingerprint density at radius 1 is 1.06 bits per heavy atom. The van der Waals surface area contributed by atoms with E-state index in [0.717, 1.165) is 41.0 Å². The Morgan fingerprint density at radius 2 is 1.71 bits per heavy atom. The Balaban J connectivity index is 1.65. The van der Waals surface area contributed by atoms with Gasteiger partial charge in [-0.05, 0) is 73.6 Å². The first-order valence-corrected chi connectivity index (χ1v) is 10.8. The molecule has 0 radical (unpaired) electrons. The van der Waals surface area contributed by atoms with Crippen molar-refractivity contribution in [1.29, 1.82) is 0 Å². The summed E-state index contributed by atoms with van der Waals surface area (Å²) >= 11 is 0.841. The molecule has 162 valence electrons. The molecule has 7 nitrogen and oxygen atoms in total. The van der Waals surface area contributed by atoms with Crippen LogP contribution in [0.15, 0.2) is 53.4 Å². The lowest BCUT2D eigenvalue weighted by Gasteiger charge is -2.20. The van der Waals surface area contributed by atoms with Crippen molar-refractivity contribution in [1.82, 2.24) is 4.90 Å². The van der Waals surface area contributed by atoms with Gasteiger partial charge in [-0.25, -0.2) is 0 Å². The summed E-state index contributed by atoms with van der Waals surface area (Å²) in [6.07, 6.45) is 1.68. The minimum atomic E-state index is -0.465. The lowest BCUT2D eigenvalue weighted by molar-refractivity contribution is -0.127. The molecule has 1 aliphatic heterocycles. The van der Waals surface area contributed by atoms with Crippen LogP contribution in [-0.2, 0) is 9.59 Å². The highest BCUT2D eigenvalue weighted by molar-refractivity contribution is 8.18. The van der Waals surface area contributed by atoms with Crippen molar-refractivity contribution in [2.75, 3.05) is 37.0 Å². The summed E-state index contributed by atoms with van der Waals surface area (Å²) in [4.78, 5) is 40.8. The van der Waals surface area contributed by atoms with Gasteiger partial charge in [0, 0.05) is 24.5 Å². The number of carbonyl (C=O) groups is 3. The lowest BCUT2D eigenvalue weighted by atomic mass is 10.1. The van der Waals surface area contributed by atoms with Gasteiger partial charge < -0.3 is 15.0 Å². The van der Waals surface area contributed by atoms with Crippen LogP contribution in [0.4, 0.5) is 16.2 Å². The molecule has 0 atom stereocenters. The predicted octanol–water partition coefficient (Wildman–Crippen LogP) is 4.22. The number of amides is 3. The maximum atomic E-state index is 12.7. The Kier molecular flexibility index (Phi) is 7.36. The quantitative estimate of drug-likeness (QED) is 0.621. The highest BCUT2D eigenvalue weighted by Gasteiger charge is 2.36. The minimum absolute atomic E-state index is 0.304. The topological polar surface area (TPSA) is 79.0 Å². The highest BCUT2D eigenvalue weighted by atomic mass is 32.2. The first-order chi connectivity index (χ1) is 14.9. The van der Waals surface area contributed by atoms with E-state index >= 15 is 0 Å². The van der Waals surface area contributed by atoms with Gasteiger partial charge in [-0.15, -0.1) is 0 Å². The maximum absolute atomic E-state index is 12.7.